The summed E-state index contributed by atoms with van der Waals surface area (Å²) < 4.78 is 5.76. The first-order valence-electron chi connectivity index (χ1n) is 9.41. The first kappa shape index (κ1) is 19.5. The van der Waals surface area contributed by atoms with Crippen LogP contribution in [0.25, 0.3) is 11.0 Å². The number of carbonyl (C=O) groups is 2. The summed E-state index contributed by atoms with van der Waals surface area (Å²) in [5.74, 6) is 0.542. The van der Waals surface area contributed by atoms with Crippen LogP contribution in [0.15, 0.2) is 65.1 Å². The van der Waals surface area contributed by atoms with E-state index in [1.807, 2.05) is 74.5 Å². The third-order valence-corrected chi connectivity index (χ3v) is 4.57. The van der Waals surface area contributed by atoms with E-state index >= 15 is 0 Å². The molecule has 1 aromatic heterocycles. The van der Waals surface area contributed by atoms with Crippen molar-refractivity contribution < 1.29 is 14.0 Å². The molecule has 0 saturated carbocycles. The van der Waals surface area contributed by atoms with Gasteiger partial charge in [0.15, 0.2) is 0 Å². The van der Waals surface area contributed by atoms with E-state index in [1.165, 1.54) is 0 Å². The number of nitrogens with one attached hydrogen (secondary N) is 2. The largest absolute Gasteiger partial charge is 0.459 e. The number of amides is 3. The van der Waals surface area contributed by atoms with E-state index in [1.54, 1.807) is 4.90 Å². The molecule has 3 aromatic rings. The zero-order valence-electron chi connectivity index (χ0n) is 16.1. The summed E-state index contributed by atoms with van der Waals surface area (Å²) in [6.07, 6.45) is 0. The van der Waals surface area contributed by atoms with Crippen LogP contribution in [0.1, 0.15) is 31.2 Å². The Bertz CT molecular complexity index is 903. The standard InChI is InChI=1S/C22H25N3O3/c1-3-25(15-17-9-5-4-6-10-17)21(26)14-23-22(27)24-16(2)20-13-18-11-7-8-12-19(18)28-20/h4-13,16H,3,14-15H2,1-2H3,(H2,23,24,27). The molecule has 146 valence electrons. The van der Waals surface area contributed by atoms with Crippen LogP contribution < -0.4 is 10.6 Å². The lowest BCUT2D eigenvalue weighted by Crippen LogP contribution is -2.44. The smallest absolute Gasteiger partial charge is 0.315 e. The second kappa shape index (κ2) is 9.08. The molecule has 3 rings (SSSR count). The summed E-state index contributed by atoms with van der Waals surface area (Å²) in [6, 6.07) is 18.7. The topological polar surface area (TPSA) is 74.6 Å². The van der Waals surface area contributed by atoms with Gasteiger partial charge in [0, 0.05) is 18.5 Å². The van der Waals surface area contributed by atoms with Gasteiger partial charge in [-0.2, -0.15) is 0 Å². The third-order valence-electron chi connectivity index (χ3n) is 4.57. The van der Waals surface area contributed by atoms with Crippen molar-refractivity contribution in [1.82, 2.24) is 15.5 Å². The quantitative estimate of drug-likeness (QED) is 0.655. The van der Waals surface area contributed by atoms with E-state index in [0.29, 0.717) is 18.8 Å². The Kier molecular flexibility index (Phi) is 6.32. The highest BCUT2D eigenvalue weighted by molar-refractivity contribution is 5.84. The molecule has 6 nitrogen and oxygen atoms in total. The molecule has 1 heterocycles. The van der Waals surface area contributed by atoms with Gasteiger partial charge in [-0.1, -0.05) is 48.5 Å². The SMILES string of the molecule is CCN(Cc1ccccc1)C(=O)CNC(=O)NC(C)c1cc2ccccc2o1. The summed E-state index contributed by atoms with van der Waals surface area (Å²) in [5.41, 5.74) is 1.84. The molecule has 28 heavy (non-hydrogen) atoms. The molecule has 1 unspecified atom stereocenters. The molecule has 0 saturated heterocycles. The van der Waals surface area contributed by atoms with Crippen molar-refractivity contribution >= 4 is 22.9 Å². The number of carbonyl (C=O) groups excluding carboxylic acids is 2. The van der Waals surface area contributed by atoms with Crippen molar-refractivity contribution in [3.8, 4) is 0 Å². The molecule has 0 aliphatic heterocycles. The van der Waals surface area contributed by atoms with E-state index in [2.05, 4.69) is 10.6 Å². The minimum Gasteiger partial charge on any atom is -0.459 e. The average Bonchev–Trinajstić information content (AvgIpc) is 3.15. The number of likely N-dealkylation sites (N-methyl/N-ethyl adjacent to an activating group) is 1. The number of nitrogens with zero attached hydrogens (tertiary/aromatic N) is 1. The molecule has 3 amide bonds. The second-order valence-electron chi connectivity index (χ2n) is 6.63. The molecular weight excluding hydrogens is 354 g/mol. The van der Waals surface area contributed by atoms with Gasteiger partial charge < -0.3 is 20.0 Å². The van der Waals surface area contributed by atoms with Crippen molar-refractivity contribution in [1.29, 1.82) is 0 Å². The predicted molar refractivity (Wildman–Crippen MR) is 109 cm³/mol. The maximum atomic E-state index is 12.4. The molecule has 1 atom stereocenters. The molecule has 2 aromatic carbocycles. The molecule has 0 radical (unpaired) electrons. The van der Waals surface area contributed by atoms with Gasteiger partial charge in [-0.15, -0.1) is 0 Å². The maximum absolute atomic E-state index is 12.4. The van der Waals surface area contributed by atoms with Crippen LogP contribution in [0, 0.1) is 0 Å². The molecule has 6 heteroatoms. The van der Waals surface area contributed by atoms with E-state index in [9.17, 15) is 9.59 Å². The number of fused-ring (bicyclic) bond motifs is 1. The summed E-state index contributed by atoms with van der Waals surface area (Å²) in [4.78, 5) is 26.3. The molecule has 0 aliphatic rings. The number of furan rings is 1. The first-order valence-corrected chi connectivity index (χ1v) is 9.41. The van der Waals surface area contributed by atoms with Crippen molar-refractivity contribution in [2.45, 2.75) is 26.4 Å². The summed E-state index contributed by atoms with van der Waals surface area (Å²) in [7, 11) is 0. The Labute approximate surface area is 164 Å². The van der Waals surface area contributed by atoms with Crippen molar-refractivity contribution in [2.75, 3.05) is 13.1 Å². The van der Waals surface area contributed by atoms with Gasteiger partial charge in [0.05, 0.1) is 12.6 Å². The monoisotopic (exact) mass is 379 g/mol. The molecule has 0 fully saturated rings. The molecule has 0 aliphatic carbocycles. The molecule has 0 spiro atoms. The molecule has 0 bridgehead atoms. The second-order valence-corrected chi connectivity index (χ2v) is 6.63. The van der Waals surface area contributed by atoms with Crippen molar-refractivity contribution in [3.05, 3.63) is 72.0 Å². The first-order chi connectivity index (χ1) is 13.6. The summed E-state index contributed by atoms with van der Waals surface area (Å²) >= 11 is 0. The highest BCUT2D eigenvalue weighted by Gasteiger charge is 2.16. The van der Waals surface area contributed by atoms with Crippen LogP contribution in [0.2, 0.25) is 0 Å². The third kappa shape index (κ3) is 4.91. The zero-order chi connectivity index (χ0) is 19.9. The zero-order valence-corrected chi connectivity index (χ0v) is 16.1. The predicted octanol–water partition coefficient (Wildman–Crippen LogP) is 3.84. The van der Waals surface area contributed by atoms with E-state index in [0.717, 1.165) is 16.5 Å². The Morgan fingerprint density at radius 1 is 1.07 bits per heavy atom. The number of benzene rings is 2. The fourth-order valence-corrected chi connectivity index (χ4v) is 2.98. The normalized spacial score (nSPS) is 11.8. The highest BCUT2D eigenvalue weighted by Crippen LogP contribution is 2.23. The average molecular weight is 379 g/mol. The van der Waals surface area contributed by atoms with Gasteiger partial charge in [-0.25, -0.2) is 4.79 Å². The highest BCUT2D eigenvalue weighted by atomic mass is 16.3. The van der Waals surface area contributed by atoms with Gasteiger partial charge in [-0.3, -0.25) is 4.79 Å². The van der Waals surface area contributed by atoms with Crippen LogP contribution in [-0.2, 0) is 11.3 Å². The van der Waals surface area contributed by atoms with Crippen LogP contribution >= 0.6 is 0 Å². The fourth-order valence-electron chi connectivity index (χ4n) is 2.98. The Morgan fingerprint density at radius 2 is 1.79 bits per heavy atom. The minimum absolute atomic E-state index is 0.0562. The number of hydrogen-bond donors (Lipinski definition) is 2. The van der Waals surface area contributed by atoms with Crippen LogP contribution in [0.4, 0.5) is 4.79 Å². The van der Waals surface area contributed by atoms with Crippen molar-refractivity contribution in [3.63, 3.8) is 0 Å². The number of para-hydroxylation sites is 1. The van der Waals surface area contributed by atoms with E-state index in [4.69, 9.17) is 4.42 Å². The van der Waals surface area contributed by atoms with Gasteiger partial charge in [0.1, 0.15) is 11.3 Å². The van der Waals surface area contributed by atoms with Gasteiger partial charge in [-0.05, 0) is 31.5 Å². The van der Waals surface area contributed by atoms with Gasteiger partial charge >= 0.3 is 6.03 Å². The van der Waals surface area contributed by atoms with E-state index < -0.39 is 6.03 Å². The molecule has 2 N–H and O–H groups in total. The van der Waals surface area contributed by atoms with Gasteiger partial charge in [0.2, 0.25) is 5.91 Å². The Morgan fingerprint density at radius 3 is 2.50 bits per heavy atom. The minimum atomic E-state index is -0.405. The van der Waals surface area contributed by atoms with Crippen LogP contribution in [0.5, 0.6) is 0 Å². The number of rotatable bonds is 7. The number of urea groups is 1. The van der Waals surface area contributed by atoms with E-state index in [-0.39, 0.29) is 18.5 Å². The lowest BCUT2D eigenvalue weighted by Gasteiger charge is -2.21. The number of hydrogen-bond acceptors (Lipinski definition) is 3. The van der Waals surface area contributed by atoms with Crippen molar-refractivity contribution in [2.24, 2.45) is 0 Å². The molecular formula is C22H25N3O3. The lowest BCUT2D eigenvalue weighted by molar-refractivity contribution is -0.130. The maximum Gasteiger partial charge on any atom is 0.315 e. The summed E-state index contributed by atoms with van der Waals surface area (Å²) in [6.45, 7) is 4.80. The summed E-state index contributed by atoms with van der Waals surface area (Å²) in [5, 5.41) is 6.43. The Hall–Kier alpha value is -3.28. The van der Waals surface area contributed by atoms with Crippen LogP contribution in [0.3, 0.4) is 0 Å². The van der Waals surface area contributed by atoms with Crippen LogP contribution in [-0.4, -0.2) is 29.9 Å². The van der Waals surface area contributed by atoms with Gasteiger partial charge in [0.25, 0.3) is 0 Å². The lowest BCUT2D eigenvalue weighted by atomic mass is 10.2. The fraction of sp³-hybridized carbons (Fsp3) is 0.273. The Balaban J connectivity index is 1.50.